The Morgan fingerprint density at radius 2 is 1.48 bits per heavy atom. The van der Waals surface area contributed by atoms with Crippen LogP contribution in [0.3, 0.4) is 0 Å². The minimum absolute atomic E-state index is 0.0710. The van der Waals surface area contributed by atoms with Crippen molar-refractivity contribution in [1.82, 2.24) is 0 Å². The summed E-state index contributed by atoms with van der Waals surface area (Å²) in [6.45, 7) is -0.918. The number of fused-ring (bicyclic) bond motifs is 1. The molecule has 1 atom stereocenters. The third-order valence-electron chi connectivity index (χ3n) is 5.83. The molecule has 0 bridgehead atoms. The van der Waals surface area contributed by atoms with E-state index in [1.807, 2.05) is 0 Å². The maximum absolute atomic E-state index is 13.5. The second-order valence-electron chi connectivity index (χ2n) is 8.65. The molecular weight excluding hydrogens is 564 g/mol. The Labute approximate surface area is 220 Å². The van der Waals surface area contributed by atoms with E-state index >= 15 is 0 Å². The third-order valence-corrected chi connectivity index (χ3v) is 5.83. The fourth-order valence-electron chi connectivity index (χ4n) is 4.20. The molecule has 0 N–H and O–H groups in total. The van der Waals surface area contributed by atoms with Gasteiger partial charge in [0.05, 0.1) is 18.2 Å². The molecule has 4 rings (SSSR count). The molecule has 216 valence electrons. The number of halogens is 10. The van der Waals surface area contributed by atoms with Crippen LogP contribution in [0.4, 0.5) is 49.6 Å². The SMILES string of the molecule is FC(F)C(F)(F)Oc1cccc(C2COc3c(-c4cccc(OC(F)(F)F)c4)cccc3N2CCC(F)(F)F)c1. The Bertz CT molecular complexity index is 1330. The highest BCUT2D eigenvalue weighted by molar-refractivity contribution is 5.80. The highest BCUT2D eigenvalue weighted by Crippen LogP contribution is 2.46. The second-order valence-corrected chi connectivity index (χ2v) is 8.65. The molecule has 0 spiro atoms. The molecule has 0 aliphatic carbocycles. The lowest BCUT2D eigenvalue weighted by Gasteiger charge is -2.40. The lowest BCUT2D eigenvalue weighted by molar-refractivity contribution is -0.274. The molecule has 0 radical (unpaired) electrons. The topological polar surface area (TPSA) is 30.9 Å². The van der Waals surface area contributed by atoms with Gasteiger partial charge in [0.2, 0.25) is 0 Å². The quantitative estimate of drug-likeness (QED) is 0.250. The molecule has 0 saturated carbocycles. The third kappa shape index (κ3) is 7.02. The van der Waals surface area contributed by atoms with Crippen LogP contribution >= 0.6 is 0 Å². The van der Waals surface area contributed by atoms with Crippen LogP contribution in [-0.2, 0) is 0 Å². The van der Waals surface area contributed by atoms with E-state index < -0.39 is 55.6 Å². The van der Waals surface area contributed by atoms with Gasteiger partial charge in [-0.25, -0.2) is 0 Å². The molecule has 0 aromatic heterocycles. The van der Waals surface area contributed by atoms with Crippen LogP contribution in [0.1, 0.15) is 18.0 Å². The van der Waals surface area contributed by atoms with Gasteiger partial charge < -0.3 is 19.1 Å². The Morgan fingerprint density at radius 1 is 0.825 bits per heavy atom. The first-order chi connectivity index (χ1) is 18.6. The van der Waals surface area contributed by atoms with Gasteiger partial charge in [0.1, 0.15) is 18.1 Å². The average Bonchev–Trinajstić information content (AvgIpc) is 2.85. The van der Waals surface area contributed by atoms with Crippen molar-refractivity contribution in [2.45, 2.75) is 37.5 Å². The fourth-order valence-corrected chi connectivity index (χ4v) is 4.20. The van der Waals surface area contributed by atoms with E-state index in [4.69, 9.17) is 4.74 Å². The van der Waals surface area contributed by atoms with Crippen LogP contribution in [0, 0.1) is 0 Å². The van der Waals surface area contributed by atoms with E-state index in [-0.39, 0.29) is 34.7 Å². The van der Waals surface area contributed by atoms with E-state index in [2.05, 4.69) is 9.47 Å². The van der Waals surface area contributed by atoms with Crippen molar-refractivity contribution < 1.29 is 58.1 Å². The summed E-state index contributed by atoms with van der Waals surface area (Å²) < 4.78 is 144. The summed E-state index contributed by atoms with van der Waals surface area (Å²) in [5.41, 5.74) is 0.762. The predicted octanol–water partition coefficient (Wildman–Crippen LogP) is 8.38. The molecule has 0 amide bonds. The van der Waals surface area contributed by atoms with E-state index in [1.54, 1.807) is 0 Å². The minimum Gasteiger partial charge on any atom is -0.488 e. The van der Waals surface area contributed by atoms with E-state index in [9.17, 15) is 43.9 Å². The summed E-state index contributed by atoms with van der Waals surface area (Å²) >= 11 is 0. The number of ether oxygens (including phenoxy) is 3. The van der Waals surface area contributed by atoms with Crippen LogP contribution in [0.2, 0.25) is 0 Å². The molecule has 40 heavy (non-hydrogen) atoms. The zero-order chi connectivity index (χ0) is 29.3. The molecule has 0 fully saturated rings. The first kappa shape index (κ1) is 29.2. The van der Waals surface area contributed by atoms with Crippen LogP contribution in [0.15, 0.2) is 66.7 Å². The Balaban J connectivity index is 1.73. The van der Waals surface area contributed by atoms with Crippen molar-refractivity contribution in [2.24, 2.45) is 0 Å². The Kier molecular flexibility index (Phi) is 7.99. The number of hydrogen-bond acceptors (Lipinski definition) is 4. The van der Waals surface area contributed by atoms with Gasteiger partial charge >= 0.3 is 25.1 Å². The van der Waals surface area contributed by atoms with Gasteiger partial charge in [-0.3, -0.25) is 0 Å². The van der Waals surface area contributed by atoms with E-state index in [0.717, 1.165) is 24.3 Å². The van der Waals surface area contributed by atoms with Gasteiger partial charge in [-0.1, -0.05) is 36.4 Å². The number of benzene rings is 3. The largest absolute Gasteiger partial charge is 0.573 e. The first-order valence-electron chi connectivity index (χ1n) is 11.5. The zero-order valence-corrected chi connectivity index (χ0v) is 20.1. The van der Waals surface area contributed by atoms with Crippen molar-refractivity contribution >= 4 is 5.69 Å². The summed E-state index contributed by atoms with van der Waals surface area (Å²) in [4.78, 5) is 1.30. The van der Waals surface area contributed by atoms with Crippen molar-refractivity contribution in [3.8, 4) is 28.4 Å². The van der Waals surface area contributed by atoms with Gasteiger partial charge in [0.15, 0.2) is 5.75 Å². The number of hydrogen-bond donors (Lipinski definition) is 0. The molecule has 3 aromatic rings. The molecule has 0 saturated heterocycles. The molecule has 4 nitrogen and oxygen atoms in total. The summed E-state index contributed by atoms with van der Waals surface area (Å²) in [6.07, 6.45) is -19.7. The number of para-hydroxylation sites is 1. The van der Waals surface area contributed by atoms with Gasteiger partial charge in [0.25, 0.3) is 0 Å². The summed E-state index contributed by atoms with van der Waals surface area (Å²) in [5.74, 6) is -1.09. The number of nitrogens with zero attached hydrogens (tertiary/aromatic N) is 1. The maximum atomic E-state index is 13.5. The summed E-state index contributed by atoms with van der Waals surface area (Å²) in [7, 11) is 0. The highest BCUT2D eigenvalue weighted by atomic mass is 19.4. The Hall–Kier alpha value is -3.84. The van der Waals surface area contributed by atoms with Crippen LogP contribution in [0.5, 0.6) is 17.2 Å². The zero-order valence-electron chi connectivity index (χ0n) is 20.1. The predicted molar refractivity (Wildman–Crippen MR) is 123 cm³/mol. The minimum atomic E-state index is -4.95. The van der Waals surface area contributed by atoms with E-state index in [0.29, 0.717) is 0 Å². The fraction of sp³-hybridized carbons (Fsp3) is 0.308. The van der Waals surface area contributed by atoms with Crippen LogP contribution in [0.25, 0.3) is 11.1 Å². The second kappa shape index (κ2) is 11.0. The molecule has 1 aliphatic heterocycles. The normalized spacial score (nSPS) is 16.0. The van der Waals surface area contributed by atoms with Crippen molar-refractivity contribution in [3.05, 3.63) is 72.3 Å². The molecule has 1 unspecified atom stereocenters. The van der Waals surface area contributed by atoms with Crippen molar-refractivity contribution in [2.75, 3.05) is 18.1 Å². The van der Waals surface area contributed by atoms with Gasteiger partial charge in [-0.05, 0) is 41.5 Å². The van der Waals surface area contributed by atoms with Crippen LogP contribution in [-0.4, -0.2) is 38.2 Å². The molecule has 1 aliphatic rings. The van der Waals surface area contributed by atoms with Gasteiger partial charge in [0, 0.05) is 12.1 Å². The van der Waals surface area contributed by atoms with Crippen LogP contribution < -0.4 is 19.1 Å². The van der Waals surface area contributed by atoms with Gasteiger partial charge in [-0.2, -0.15) is 30.7 Å². The molecular formula is C26H19F10NO3. The lowest BCUT2D eigenvalue weighted by Crippen LogP contribution is -2.39. The monoisotopic (exact) mass is 583 g/mol. The maximum Gasteiger partial charge on any atom is 0.573 e. The van der Waals surface area contributed by atoms with Gasteiger partial charge in [-0.15, -0.1) is 13.2 Å². The summed E-state index contributed by atoms with van der Waals surface area (Å²) in [6, 6.07) is 12.9. The van der Waals surface area contributed by atoms with Crippen molar-refractivity contribution in [1.29, 1.82) is 0 Å². The molecule has 3 aromatic carbocycles. The van der Waals surface area contributed by atoms with E-state index in [1.165, 1.54) is 47.4 Å². The molecule has 1 heterocycles. The highest BCUT2D eigenvalue weighted by Gasteiger charge is 2.44. The Morgan fingerprint density at radius 3 is 2.12 bits per heavy atom. The number of anilines is 1. The standard InChI is InChI=1S/C26H19F10NO3/c27-23(28)25(32,33)39-17-6-2-5-16(13-17)21-14-38-22-19(15-4-1-7-18(12-15)40-26(34,35)36)8-3-9-20(22)37(21)11-10-24(29,30)31/h1-9,12-13,21,23H,10-11,14H2. The number of rotatable bonds is 8. The summed E-state index contributed by atoms with van der Waals surface area (Å²) in [5, 5.41) is 0. The molecule has 14 heteroatoms. The smallest absolute Gasteiger partial charge is 0.488 e. The lowest BCUT2D eigenvalue weighted by atomic mass is 9.98. The average molecular weight is 583 g/mol. The first-order valence-corrected chi connectivity index (χ1v) is 11.5. The number of alkyl halides is 10. The van der Waals surface area contributed by atoms with Crippen molar-refractivity contribution in [3.63, 3.8) is 0 Å².